The second-order valence-electron chi connectivity index (χ2n) is 5.28. The topological polar surface area (TPSA) is 78.4 Å². The van der Waals surface area contributed by atoms with E-state index in [0.29, 0.717) is 22.5 Å². The summed E-state index contributed by atoms with van der Waals surface area (Å²) in [5.41, 5.74) is 0.796. The van der Waals surface area contributed by atoms with Gasteiger partial charge in [-0.15, -0.1) is 0 Å². The monoisotopic (exact) mass is 354 g/mol. The molecule has 0 radical (unpaired) electrons. The molecule has 1 aliphatic heterocycles. The third-order valence-corrected chi connectivity index (χ3v) is 4.38. The van der Waals surface area contributed by atoms with Gasteiger partial charge in [-0.25, -0.2) is 4.79 Å². The van der Waals surface area contributed by atoms with Crippen LogP contribution in [0, 0.1) is 5.92 Å². The number of anilines is 1. The van der Waals surface area contributed by atoms with E-state index in [9.17, 15) is 9.59 Å². The average molecular weight is 355 g/mol. The summed E-state index contributed by atoms with van der Waals surface area (Å²) in [5, 5.41) is 15.0. The van der Waals surface area contributed by atoms with Gasteiger partial charge in [0.05, 0.1) is 11.3 Å². The Morgan fingerprint density at radius 1 is 1.33 bits per heavy atom. The molecule has 1 aliphatic rings. The fourth-order valence-electron chi connectivity index (χ4n) is 2.47. The molecule has 0 aromatic heterocycles. The highest BCUT2D eigenvalue weighted by Gasteiger charge is 2.15. The first-order chi connectivity index (χ1) is 10.1. The number of carbonyl (C=O) groups excluding carboxylic acids is 1. The molecule has 0 bridgehead atoms. The number of halogens is 1. The fraction of sp³-hybridized carbons (Fsp3) is 0.467. The second-order valence-corrected chi connectivity index (χ2v) is 6.13. The van der Waals surface area contributed by atoms with Crippen molar-refractivity contribution in [3.63, 3.8) is 0 Å². The maximum Gasteiger partial charge on any atom is 0.335 e. The van der Waals surface area contributed by atoms with Gasteiger partial charge in [0.2, 0.25) is 5.91 Å². The minimum Gasteiger partial charge on any atom is -0.478 e. The first kappa shape index (κ1) is 16.0. The van der Waals surface area contributed by atoms with Crippen LogP contribution in [0.2, 0.25) is 0 Å². The molecule has 0 spiro atoms. The van der Waals surface area contributed by atoms with Gasteiger partial charge in [0, 0.05) is 10.9 Å². The first-order valence-electron chi connectivity index (χ1n) is 7.09. The zero-order chi connectivity index (χ0) is 15.2. The molecule has 1 amide bonds. The molecule has 1 aromatic rings. The van der Waals surface area contributed by atoms with Gasteiger partial charge in [-0.1, -0.05) is 0 Å². The van der Waals surface area contributed by atoms with Crippen molar-refractivity contribution in [2.75, 3.05) is 18.4 Å². The van der Waals surface area contributed by atoms with Crippen molar-refractivity contribution in [3.8, 4) is 0 Å². The SMILES string of the molecule is O=C(CCC1CCNCC1)Nc1ccc(C(=O)O)cc1Br. The maximum absolute atomic E-state index is 12.0. The first-order valence-corrected chi connectivity index (χ1v) is 7.89. The standard InChI is InChI=1S/C15H19BrN2O3/c16-12-9-11(15(20)21)2-3-13(12)18-14(19)4-1-10-5-7-17-8-6-10/h2-3,9-10,17H,1,4-8H2,(H,18,19)(H,20,21). The molecule has 1 heterocycles. The predicted molar refractivity (Wildman–Crippen MR) is 84.6 cm³/mol. The maximum atomic E-state index is 12.0. The van der Waals surface area contributed by atoms with Crippen LogP contribution < -0.4 is 10.6 Å². The van der Waals surface area contributed by atoms with E-state index in [-0.39, 0.29) is 11.5 Å². The molecule has 114 valence electrons. The summed E-state index contributed by atoms with van der Waals surface area (Å²) >= 11 is 3.29. The number of hydrogen-bond donors (Lipinski definition) is 3. The molecule has 1 aromatic carbocycles. The smallest absolute Gasteiger partial charge is 0.335 e. The number of amides is 1. The van der Waals surface area contributed by atoms with Gasteiger partial charge in [0.25, 0.3) is 0 Å². The van der Waals surface area contributed by atoms with Crippen molar-refractivity contribution >= 4 is 33.5 Å². The Morgan fingerprint density at radius 3 is 2.67 bits per heavy atom. The lowest BCUT2D eigenvalue weighted by atomic mass is 9.93. The Balaban J connectivity index is 1.85. The van der Waals surface area contributed by atoms with E-state index in [1.165, 1.54) is 12.1 Å². The predicted octanol–water partition coefficient (Wildman–Crippen LogP) is 2.87. The summed E-state index contributed by atoms with van der Waals surface area (Å²) in [6.07, 6.45) is 3.66. The number of piperidine rings is 1. The number of carbonyl (C=O) groups is 2. The van der Waals surface area contributed by atoms with Gasteiger partial charge < -0.3 is 15.7 Å². The van der Waals surface area contributed by atoms with Gasteiger partial charge >= 0.3 is 5.97 Å². The normalized spacial score (nSPS) is 15.7. The molecule has 1 fully saturated rings. The van der Waals surface area contributed by atoms with E-state index in [2.05, 4.69) is 26.6 Å². The van der Waals surface area contributed by atoms with Crippen molar-refractivity contribution in [2.45, 2.75) is 25.7 Å². The molecular weight excluding hydrogens is 336 g/mol. The van der Waals surface area contributed by atoms with Crippen molar-refractivity contribution in [1.82, 2.24) is 5.32 Å². The Morgan fingerprint density at radius 2 is 2.05 bits per heavy atom. The molecule has 0 saturated carbocycles. The zero-order valence-electron chi connectivity index (χ0n) is 11.7. The number of carboxylic acids is 1. The van der Waals surface area contributed by atoms with Crippen LogP contribution in [0.1, 0.15) is 36.0 Å². The van der Waals surface area contributed by atoms with E-state index < -0.39 is 5.97 Å². The molecule has 6 heteroatoms. The van der Waals surface area contributed by atoms with Crippen LogP contribution in [0.15, 0.2) is 22.7 Å². The molecule has 21 heavy (non-hydrogen) atoms. The molecule has 0 aliphatic carbocycles. The highest BCUT2D eigenvalue weighted by molar-refractivity contribution is 9.10. The van der Waals surface area contributed by atoms with Crippen molar-refractivity contribution in [1.29, 1.82) is 0 Å². The third kappa shape index (κ3) is 4.82. The summed E-state index contributed by atoms with van der Waals surface area (Å²) in [4.78, 5) is 22.8. The van der Waals surface area contributed by atoms with Crippen LogP contribution in [0.5, 0.6) is 0 Å². The van der Waals surface area contributed by atoms with Gasteiger partial charge in [-0.3, -0.25) is 4.79 Å². The van der Waals surface area contributed by atoms with Crippen LogP contribution in [-0.4, -0.2) is 30.1 Å². The van der Waals surface area contributed by atoms with Gasteiger partial charge in [0.1, 0.15) is 0 Å². The Bertz CT molecular complexity index is 528. The molecule has 5 nitrogen and oxygen atoms in total. The quantitative estimate of drug-likeness (QED) is 0.759. The fourth-order valence-corrected chi connectivity index (χ4v) is 2.95. The van der Waals surface area contributed by atoms with E-state index in [4.69, 9.17) is 5.11 Å². The number of rotatable bonds is 5. The van der Waals surface area contributed by atoms with E-state index in [1.54, 1.807) is 6.07 Å². The van der Waals surface area contributed by atoms with Crippen molar-refractivity contribution in [3.05, 3.63) is 28.2 Å². The Kier molecular flexibility index (Phi) is 5.76. The lowest BCUT2D eigenvalue weighted by Crippen LogP contribution is -2.28. The molecule has 1 saturated heterocycles. The number of nitrogens with one attached hydrogen (secondary N) is 2. The highest BCUT2D eigenvalue weighted by Crippen LogP contribution is 2.24. The van der Waals surface area contributed by atoms with E-state index in [0.717, 1.165) is 32.4 Å². The van der Waals surface area contributed by atoms with Gasteiger partial charge in [-0.05, 0) is 72.4 Å². The van der Waals surface area contributed by atoms with Gasteiger partial charge in [-0.2, -0.15) is 0 Å². The minimum absolute atomic E-state index is 0.0303. The number of benzene rings is 1. The molecule has 3 N–H and O–H groups in total. The molecule has 2 rings (SSSR count). The van der Waals surface area contributed by atoms with Crippen LogP contribution in [-0.2, 0) is 4.79 Å². The molecular formula is C15H19BrN2O3. The molecule has 0 unspecified atom stereocenters. The molecule has 0 atom stereocenters. The Hall–Kier alpha value is -1.40. The zero-order valence-corrected chi connectivity index (χ0v) is 13.3. The minimum atomic E-state index is -0.987. The largest absolute Gasteiger partial charge is 0.478 e. The Labute approximate surface area is 132 Å². The van der Waals surface area contributed by atoms with Crippen LogP contribution in [0.25, 0.3) is 0 Å². The van der Waals surface area contributed by atoms with Crippen LogP contribution >= 0.6 is 15.9 Å². The average Bonchev–Trinajstić information content (AvgIpc) is 2.48. The second kappa shape index (κ2) is 7.56. The summed E-state index contributed by atoms with van der Waals surface area (Å²) < 4.78 is 0.581. The summed E-state index contributed by atoms with van der Waals surface area (Å²) in [6, 6.07) is 4.58. The summed E-state index contributed by atoms with van der Waals surface area (Å²) in [7, 11) is 0. The van der Waals surface area contributed by atoms with Gasteiger partial charge in [0.15, 0.2) is 0 Å². The lowest BCUT2D eigenvalue weighted by Gasteiger charge is -2.22. The van der Waals surface area contributed by atoms with Crippen molar-refractivity contribution < 1.29 is 14.7 Å². The van der Waals surface area contributed by atoms with E-state index in [1.807, 2.05) is 0 Å². The number of aromatic carboxylic acids is 1. The number of carboxylic acid groups (broad SMARTS) is 1. The third-order valence-electron chi connectivity index (χ3n) is 3.73. The van der Waals surface area contributed by atoms with Crippen LogP contribution in [0.3, 0.4) is 0 Å². The summed E-state index contributed by atoms with van der Waals surface area (Å²) in [5.74, 6) is -0.397. The number of hydrogen-bond acceptors (Lipinski definition) is 3. The van der Waals surface area contributed by atoms with E-state index >= 15 is 0 Å². The lowest BCUT2D eigenvalue weighted by molar-refractivity contribution is -0.116. The van der Waals surface area contributed by atoms with Crippen LogP contribution in [0.4, 0.5) is 5.69 Å². The van der Waals surface area contributed by atoms with Crippen molar-refractivity contribution in [2.24, 2.45) is 5.92 Å². The summed E-state index contributed by atoms with van der Waals surface area (Å²) in [6.45, 7) is 2.07. The highest BCUT2D eigenvalue weighted by atomic mass is 79.9.